The molecular weight excluding hydrogens is 418 g/mol. The van der Waals surface area contributed by atoms with Crippen molar-refractivity contribution in [1.29, 1.82) is 0 Å². The zero-order chi connectivity index (χ0) is 22.2. The van der Waals surface area contributed by atoms with Crippen LogP contribution in [-0.2, 0) is 12.7 Å². The minimum Gasteiger partial charge on any atom is -0.405 e. The first-order chi connectivity index (χ1) is 14.1. The molecule has 0 unspecified atom stereocenters. The first-order valence-electron chi connectivity index (χ1n) is 8.51. The number of anilines is 1. The SMILES string of the molecule is CN=C(NCCNc1nccc(C(F)(F)F)n1)NCc1ccccc1OC(F)(F)F. The van der Waals surface area contributed by atoms with E-state index < -0.39 is 18.2 Å². The predicted molar refractivity (Wildman–Crippen MR) is 96.9 cm³/mol. The zero-order valence-electron chi connectivity index (χ0n) is 15.6. The Kier molecular flexibility index (Phi) is 7.66. The van der Waals surface area contributed by atoms with Crippen molar-refractivity contribution >= 4 is 11.9 Å². The highest BCUT2D eigenvalue weighted by molar-refractivity contribution is 5.79. The highest BCUT2D eigenvalue weighted by Gasteiger charge is 2.33. The Labute approximate surface area is 167 Å². The molecule has 1 aromatic carbocycles. The van der Waals surface area contributed by atoms with Crippen molar-refractivity contribution in [3.8, 4) is 5.75 Å². The van der Waals surface area contributed by atoms with Crippen LogP contribution in [0.3, 0.4) is 0 Å². The topological polar surface area (TPSA) is 83.5 Å². The van der Waals surface area contributed by atoms with Crippen LogP contribution in [0.5, 0.6) is 5.75 Å². The lowest BCUT2D eigenvalue weighted by atomic mass is 10.2. The number of benzene rings is 1. The van der Waals surface area contributed by atoms with Crippen molar-refractivity contribution in [3.05, 3.63) is 47.8 Å². The van der Waals surface area contributed by atoms with Crippen molar-refractivity contribution in [3.63, 3.8) is 0 Å². The molecule has 13 heteroatoms. The number of halogens is 6. The number of guanidine groups is 1. The first-order valence-corrected chi connectivity index (χ1v) is 8.51. The maximum absolute atomic E-state index is 12.6. The zero-order valence-corrected chi connectivity index (χ0v) is 15.6. The molecule has 0 atom stereocenters. The number of hydrogen-bond donors (Lipinski definition) is 3. The Bertz CT molecular complexity index is 855. The highest BCUT2D eigenvalue weighted by atomic mass is 19.4. The number of nitrogens with one attached hydrogen (secondary N) is 3. The van der Waals surface area contributed by atoms with Gasteiger partial charge < -0.3 is 20.7 Å². The maximum Gasteiger partial charge on any atom is 0.573 e. The Balaban J connectivity index is 1.83. The van der Waals surface area contributed by atoms with Gasteiger partial charge in [-0.05, 0) is 12.1 Å². The van der Waals surface area contributed by atoms with Crippen LogP contribution in [0.4, 0.5) is 32.3 Å². The van der Waals surface area contributed by atoms with E-state index in [0.717, 1.165) is 12.3 Å². The van der Waals surface area contributed by atoms with Crippen LogP contribution >= 0.6 is 0 Å². The molecule has 0 bridgehead atoms. The third-order valence-corrected chi connectivity index (χ3v) is 3.51. The lowest BCUT2D eigenvalue weighted by molar-refractivity contribution is -0.274. The van der Waals surface area contributed by atoms with Crippen molar-refractivity contribution < 1.29 is 31.1 Å². The summed E-state index contributed by atoms with van der Waals surface area (Å²) in [6, 6.07) is 6.40. The van der Waals surface area contributed by atoms with Crippen molar-refractivity contribution in [2.24, 2.45) is 4.99 Å². The molecule has 0 saturated carbocycles. The maximum atomic E-state index is 12.6. The Morgan fingerprint density at radius 3 is 2.43 bits per heavy atom. The molecule has 1 heterocycles. The van der Waals surface area contributed by atoms with Crippen LogP contribution in [0.2, 0.25) is 0 Å². The third kappa shape index (κ3) is 7.64. The fourth-order valence-corrected chi connectivity index (χ4v) is 2.23. The number of ether oxygens (including phenoxy) is 1. The van der Waals surface area contributed by atoms with Crippen molar-refractivity contribution in [2.75, 3.05) is 25.5 Å². The molecule has 7 nitrogen and oxygen atoms in total. The molecule has 2 aromatic rings. The molecular formula is C17H18F6N6O. The van der Waals surface area contributed by atoms with Gasteiger partial charge in [-0.15, -0.1) is 13.2 Å². The molecule has 2 rings (SSSR count). The van der Waals surface area contributed by atoms with Gasteiger partial charge in [0.05, 0.1) is 0 Å². The van der Waals surface area contributed by atoms with Gasteiger partial charge in [0.1, 0.15) is 11.4 Å². The summed E-state index contributed by atoms with van der Waals surface area (Å²) < 4.78 is 79.2. The van der Waals surface area contributed by atoms with E-state index in [9.17, 15) is 26.3 Å². The van der Waals surface area contributed by atoms with E-state index in [1.165, 1.54) is 25.2 Å². The van der Waals surface area contributed by atoms with Gasteiger partial charge in [-0.1, -0.05) is 18.2 Å². The van der Waals surface area contributed by atoms with E-state index in [4.69, 9.17) is 0 Å². The monoisotopic (exact) mass is 436 g/mol. The van der Waals surface area contributed by atoms with Crippen LogP contribution in [0.15, 0.2) is 41.5 Å². The lowest BCUT2D eigenvalue weighted by Gasteiger charge is -2.16. The summed E-state index contributed by atoms with van der Waals surface area (Å²) in [4.78, 5) is 11.0. The van der Waals surface area contributed by atoms with E-state index >= 15 is 0 Å². The van der Waals surface area contributed by atoms with Gasteiger partial charge in [-0.3, -0.25) is 4.99 Å². The quantitative estimate of drug-likeness (QED) is 0.268. The molecule has 0 fully saturated rings. The highest BCUT2D eigenvalue weighted by Crippen LogP contribution is 2.27. The Hall–Kier alpha value is -3.25. The van der Waals surface area contributed by atoms with E-state index in [-0.39, 0.29) is 42.9 Å². The summed E-state index contributed by atoms with van der Waals surface area (Å²) in [7, 11) is 1.46. The van der Waals surface area contributed by atoms with Crippen LogP contribution < -0.4 is 20.7 Å². The van der Waals surface area contributed by atoms with Crippen LogP contribution in [-0.4, -0.2) is 42.4 Å². The van der Waals surface area contributed by atoms with E-state index in [1.54, 1.807) is 6.07 Å². The molecule has 0 aliphatic carbocycles. The molecule has 164 valence electrons. The smallest absolute Gasteiger partial charge is 0.405 e. The van der Waals surface area contributed by atoms with Gasteiger partial charge in [-0.25, -0.2) is 9.97 Å². The van der Waals surface area contributed by atoms with Crippen LogP contribution in [0.1, 0.15) is 11.3 Å². The minimum atomic E-state index is -4.81. The summed E-state index contributed by atoms with van der Waals surface area (Å²) in [6.07, 6.45) is -8.39. The second-order valence-electron chi connectivity index (χ2n) is 5.70. The van der Waals surface area contributed by atoms with Gasteiger partial charge >= 0.3 is 12.5 Å². The van der Waals surface area contributed by atoms with Gasteiger partial charge in [0, 0.05) is 38.4 Å². The summed E-state index contributed by atoms with van der Waals surface area (Å²) in [6.45, 7) is 0.381. The molecule has 0 spiro atoms. The van der Waals surface area contributed by atoms with Crippen LogP contribution in [0.25, 0.3) is 0 Å². The fourth-order valence-electron chi connectivity index (χ4n) is 2.23. The van der Waals surface area contributed by atoms with Gasteiger partial charge in [0.15, 0.2) is 5.96 Å². The standard InChI is InChI=1S/C17H18F6N6O/c1-24-14(28-10-11-4-2-3-5-12(11)30-17(21,22)23)26-8-9-27-15-25-7-6-13(29-15)16(18,19)20/h2-7H,8-10H2,1H3,(H2,24,26,28)(H,25,27,29). The number of alkyl halides is 6. The summed E-state index contributed by atoms with van der Waals surface area (Å²) in [5, 5.41) is 8.31. The number of aromatic nitrogens is 2. The average Bonchev–Trinajstić information content (AvgIpc) is 2.67. The molecule has 1 aromatic heterocycles. The van der Waals surface area contributed by atoms with E-state index in [0.29, 0.717) is 0 Å². The average molecular weight is 436 g/mol. The molecule has 0 saturated heterocycles. The Morgan fingerprint density at radius 2 is 1.77 bits per heavy atom. The normalized spacial score (nSPS) is 12.4. The largest absolute Gasteiger partial charge is 0.573 e. The van der Waals surface area contributed by atoms with Crippen molar-refractivity contribution in [1.82, 2.24) is 20.6 Å². The molecule has 30 heavy (non-hydrogen) atoms. The molecule has 3 N–H and O–H groups in total. The van der Waals surface area contributed by atoms with E-state index in [1.807, 2.05) is 0 Å². The second-order valence-corrected chi connectivity index (χ2v) is 5.70. The molecule has 0 amide bonds. The minimum absolute atomic E-state index is 0.00387. The van der Waals surface area contributed by atoms with Crippen molar-refractivity contribution in [2.45, 2.75) is 19.1 Å². The lowest BCUT2D eigenvalue weighted by Crippen LogP contribution is -2.39. The predicted octanol–water partition coefficient (Wildman–Crippen LogP) is 3.17. The summed E-state index contributed by atoms with van der Waals surface area (Å²) >= 11 is 0. The first kappa shape index (κ1) is 23.0. The van der Waals surface area contributed by atoms with Gasteiger partial charge in [0.25, 0.3) is 0 Å². The summed E-state index contributed by atoms with van der Waals surface area (Å²) in [5.74, 6) is -0.257. The van der Waals surface area contributed by atoms with Gasteiger partial charge in [0.2, 0.25) is 5.95 Å². The fraction of sp³-hybridized carbons (Fsp3) is 0.353. The van der Waals surface area contributed by atoms with E-state index in [2.05, 4.69) is 35.6 Å². The molecule has 0 aliphatic rings. The number of hydrogen-bond acceptors (Lipinski definition) is 5. The Morgan fingerprint density at radius 1 is 1.03 bits per heavy atom. The number of aliphatic imine (C=N–C) groups is 1. The summed E-state index contributed by atoms with van der Waals surface area (Å²) in [5.41, 5.74) is -0.807. The van der Waals surface area contributed by atoms with Gasteiger partial charge in [-0.2, -0.15) is 13.2 Å². The number of nitrogens with zero attached hydrogens (tertiary/aromatic N) is 3. The molecule has 0 aliphatic heterocycles. The molecule has 0 radical (unpaired) electrons. The number of para-hydroxylation sites is 1. The van der Waals surface area contributed by atoms with Crippen LogP contribution in [0, 0.1) is 0 Å². The number of rotatable bonds is 7. The third-order valence-electron chi connectivity index (χ3n) is 3.51. The second kappa shape index (κ2) is 9.98.